The molecule has 128 valence electrons. The summed E-state index contributed by atoms with van der Waals surface area (Å²) in [5.41, 5.74) is 0.886. The van der Waals surface area contributed by atoms with Crippen LogP contribution in [0, 0.1) is 6.92 Å². The van der Waals surface area contributed by atoms with Gasteiger partial charge in [0, 0.05) is 10.6 Å². The number of rotatable bonds is 4. The maximum absolute atomic E-state index is 12.8. The molecule has 0 spiro atoms. The molecule has 0 unspecified atom stereocenters. The van der Waals surface area contributed by atoms with E-state index in [1.807, 2.05) is 0 Å². The van der Waals surface area contributed by atoms with Crippen molar-refractivity contribution < 1.29 is 19.1 Å². The highest BCUT2D eigenvalue weighted by Gasteiger charge is 2.20. The first-order valence-electron chi connectivity index (χ1n) is 7.23. The molecule has 3 aromatic rings. The number of hydrogen-bond acceptors (Lipinski definition) is 5. The van der Waals surface area contributed by atoms with Gasteiger partial charge in [-0.2, -0.15) is 0 Å². The van der Waals surface area contributed by atoms with Crippen LogP contribution in [0.5, 0.6) is 5.75 Å². The molecule has 0 amide bonds. The van der Waals surface area contributed by atoms with E-state index in [0.717, 1.165) is 5.56 Å². The van der Waals surface area contributed by atoms with Crippen molar-refractivity contribution in [2.75, 3.05) is 6.61 Å². The van der Waals surface area contributed by atoms with Crippen molar-refractivity contribution in [1.82, 2.24) is 0 Å². The summed E-state index contributed by atoms with van der Waals surface area (Å²) in [6.45, 7) is 0.977. The van der Waals surface area contributed by atoms with E-state index in [-0.39, 0.29) is 16.9 Å². The van der Waals surface area contributed by atoms with Gasteiger partial charge in [-0.1, -0.05) is 35.3 Å². The van der Waals surface area contributed by atoms with Crippen LogP contribution in [0.15, 0.2) is 45.6 Å². The van der Waals surface area contributed by atoms with Crippen LogP contribution in [0.3, 0.4) is 0 Å². The molecule has 1 aromatic heterocycles. The molecule has 0 saturated heterocycles. The van der Waals surface area contributed by atoms with Gasteiger partial charge in [0.25, 0.3) is 0 Å². The van der Waals surface area contributed by atoms with Crippen LogP contribution < -0.4 is 15.3 Å². The van der Waals surface area contributed by atoms with Crippen LogP contribution in [-0.4, -0.2) is 12.6 Å². The molecule has 0 bridgehead atoms. The lowest BCUT2D eigenvalue weighted by Gasteiger charge is -2.13. The minimum Gasteiger partial charge on any atom is -0.546 e. The van der Waals surface area contributed by atoms with Gasteiger partial charge in [0.2, 0.25) is 11.2 Å². The predicted molar refractivity (Wildman–Crippen MR) is 93.2 cm³/mol. The fourth-order valence-electron chi connectivity index (χ4n) is 2.38. The number of hydrogen-bond donors (Lipinski definition) is 0. The normalized spacial score (nSPS) is 10.8. The van der Waals surface area contributed by atoms with Crippen molar-refractivity contribution in [3.63, 3.8) is 0 Å². The van der Waals surface area contributed by atoms with Crippen molar-refractivity contribution in [3.05, 3.63) is 62.2 Å². The van der Waals surface area contributed by atoms with E-state index in [4.69, 9.17) is 32.4 Å². The van der Waals surface area contributed by atoms with E-state index in [0.29, 0.717) is 21.2 Å². The summed E-state index contributed by atoms with van der Waals surface area (Å²) in [5.74, 6) is -1.68. The molecule has 3 rings (SSSR count). The number of ether oxygens (including phenoxy) is 1. The third-order valence-electron chi connectivity index (χ3n) is 3.58. The summed E-state index contributed by atoms with van der Waals surface area (Å²) < 4.78 is 11.0. The number of aliphatic carboxylic acids is 1. The Bertz CT molecular complexity index is 1040. The molecule has 1 heterocycles. The van der Waals surface area contributed by atoms with Crippen LogP contribution in [0.1, 0.15) is 5.56 Å². The summed E-state index contributed by atoms with van der Waals surface area (Å²) >= 11 is 12.3. The number of benzene rings is 2. The molecule has 0 fully saturated rings. The van der Waals surface area contributed by atoms with Crippen LogP contribution in [-0.2, 0) is 4.79 Å². The average Bonchev–Trinajstić information content (AvgIpc) is 2.56. The van der Waals surface area contributed by atoms with Crippen molar-refractivity contribution >= 4 is 40.1 Å². The lowest BCUT2D eigenvalue weighted by atomic mass is 10.1. The fourth-order valence-corrected chi connectivity index (χ4v) is 2.77. The number of carboxylic acids is 1. The molecular formula is C18H11Cl2O5-. The third kappa shape index (κ3) is 3.34. The molecule has 2 aromatic carbocycles. The molecule has 5 nitrogen and oxygen atoms in total. The number of halogens is 2. The first-order valence-corrected chi connectivity index (χ1v) is 7.98. The molecule has 0 aliphatic rings. The van der Waals surface area contributed by atoms with E-state index in [1.165, 1.54) is 6.07 Å². The number of carbonyl (C=O) groups is 1. The second-order valence-electron chi connectivity index (χ2n) is 5.33. The molecule has 25 heavy (non-hydrogen) atoms. The van der Waals surface area contributed by atoms with Crippen molar-refractivity contribution in [3.8, 4) is 17.1 Å². The van der Waals surface area contributed by atoms with Gasteiger partial charge in [0.1, 0.15) is 12.2 Å². The lowest BCUT2D eigenvalue weighted by Crippen LogP contribution is -2.30. The Morgan fingerprint density at radius 2 is 1.92 bits per heavy atom. The Labute approximate surface area is 152 Å². The Morgan fingerprint density at radius 1 is 1.20 bits per heavy atom. The summed E-state index contributed by atoms with van der Waals surface area (Å²) in [6.07, 6.45) is 0. The Balaban J connectivity index is 2.34. The highest BCUT2D eigenvalue weighted by atomic mass is 35.5. The van der Waals surface area contributed by atoms with E-state index < -0.39 is 18.0 Å². The summed E-state index contributed by atoms with van der Waals surface area (Å²) in [5, 5.41) is 11.6. The van der Waals surface area contributed by atoms with E-state index in [2.05, 4.69) is 0 Å². The Hall–Kier alpha value is -2.50. The fraction of sp³-hybridized carbons (Fsp3) is 0.111. The number of aryl methyl sites for hydroxylation is 1. The van der Waals surface area contributed by atoms with Crippen molar-refractivity contribution in [2.24, 2.45) is 0 Å². The smallest absolute Gasteiger partial charge is 0.235 e. The van der Waals surface area contributed by atoms with Gasteiger partial charge in [-0.3, -0.25) is 4.79 Å². The second kappa shape index (κ2) is 6.78. The van der Waals surface area contributed by atoms with Crippen molar-refractivity contribution in [2.45, 2.75) is 6.92 Å². The van der Waals surface area contributed by atoms with Gasteiger partial charge in [-0.15, -0.1) is 0 Å². The quantitative estimate of drug-likeness (QED) is 0.697. The number of carbonyl (C=O) groups excluding carboxylic acids is 1. The minimum atomic E-state index is -1.47. The van der Waals surface area contributed by atoms with Gasteiger partial charge in [0.05, 0.1) is 16.4 Å². The minimum absolute atomic E-state index is 0.0473. The molecule has 0 aliphatic heterocycles. The largest absolute Gasteiger partial charge is 0.546 e. The second-order valence-corrected chi connectivity index (χ2v) is 6.14. The standard InChI is InChI=1S/C18H12Cl2O5/c1-9-6-14-11(7-13(9)20)16(23)18(24-8-15(21)22)17(25-14)10-4-2-3-5-12(10)19/h2-7H,8H2,1H3,(H,21,22)/p-1. The van der Waals surface area contributed by atoms with E-state index in [9.17, 15) is 14.7 Å². The zero-order valence-electron chi connectivity index (χ0n) is 13.0. The molecule has 0 saturated carbocycles. The molecular weight excluding hydrogens is 367 g/mol. The van der Waals surface area contributed by atoms with Crippen LogP contribution in [0.25, 0.3) is 22.3 Å². The zero-order valence-corrected chi connectivity index (χ0v) is 14.5. The number of carboxylic acid groups (broad SMARTS) is 1. The third-order valence-corrected chi connectivity index (χ3v) is 4.32. The molecule has 0 atom stereocenters. The van der Waals surface area contributed by atoms with E-state index >= 15 is 0 Å². The topological polar surface area (TPSA) is 79.6 Å². The first kappa shape index (κ1) is 17.3. The molecule has 0 aliphatic carbocycles. The lowest BCUT2D eigenvalue weighted by molar-refractivity contribution is -0.307. The summed E-state index contributed by atoms with van der Waals surface area (Å²) in [6, 6.07) is 9.78. The maximum atomic E-state index is 12.8. The van der Waals surface area contributed by atoms with E-state index in [1.54, 1.807) is 37.3 Å². The van der Waals surface area contributed by atoms with Crippen LogP contribution in [0.4, 0.5) is 0 Å². The molecule has 0 radical (unpaired) electrons. The molecule has 0 N–H and O–H groups in total. The maximum Gasteiger partial charge on any atom is 0.235 e. The van der Waals surface area contributed by atoms with Crippen LogP contribution >= 0.6 is 23.2 Å². The Kier molecular flexibility index (Phi) is 4.70. The number of fused-ring (bicyclic) bond motifs is 1. The Morgan fingerprint density at radius 3 is 2.60 bits per heavy atom. The SMILES string of the molecule is Cc1cc2oc(-c3ccccc3Cl)c(OCC(=O)[O-])c(=O)c2cc1Cl. The van der Waals surface area contributed by atoms with Crippen molar-refractivity contribution in [1.29, 1.82) is 0 Å². The predicted octanol–water partition coefficient (Wildman–Crippen LogP) is 3.20. The molecule has 7 heteroatoms. The zero-order chi connectivity index (χ0) is 18.1. The highest BCUT2D eigenvalue weighted by molar-refractivity contribution is 6.33. The first-order chi connectivity index (χ1) is 11.9. The summed E-state index contributed by atoms with van der Waals surface area (Å²) in [4.78, 5) is 23.6. The highest BCUT2D eigenvalue weighted by Crippen LogP contribution is 2.36. The van der Waals surface area contributed by atoms with Gasteiger partial charge in [-0.25, -0.2) is 0 Å². The monoisotopic (exact) mass is 377 g/mol. The van der Waals surface area contributed by atoms with Gasteiger partial charge >= 0.3 is 0 Å². The van der Waals surface area contributed by atoms with Gasteiger partial charge < -0.3 is 19.1 Å². The average molecular weight is 378 g/mol. The summed E-state index contributed by atoms with van der Waals surface area (Å²) in [7, 11) is 0. The van der Waals surface area contributed by atoms with Gasteiger partial charge in [0.15, 0.2) is 5.76 Å². The van der Waals surface area contributed by atoms with Crippen LogP contribution in [0.2, 0.25) is 10.0 Å². The van der Waals surface area contributed by atoms with Gasteiger partial charge in [-0.05, 0) is 36.8 Å².